The lowest BCUT2D eigenvalue weighted by Crippen LogP contribution is -2.62. The third kappa shape index (κ3) is 4.87. The molecule has 2 rings (SSSR count). The highest BCUT2D eigenvalue weighted by molar-refractivity contribution is 7.99. The Labute approximate surface area is 136 Å². The maximum absolute atomic E-state index is 3.91. The zero-order chi connectivity index (χ0) is 15.2. The van der Waals surface area contributed by atoms with E-state index in [1.165, 1.54) is 56.7 Å². The average molecular weight is 313 g/mol. The van der Waals surface area contributed by atoms with Gasteiger partial charge in [-0.2, -0.15) is 11.8 Å². The highest BCUT2D eigenvalue weighted by atomic mass is 32.2. The lowest BCUT2D eigenvalue weighted by atomic mass is 9.82. The standard InChI is InChI=1S/C18H36N2S/c1-5-21-13-15(4)20-12-17(16-9-7-6-8-10-16)19-11-18(20)14(2)3/h14-19H,5-13H2,1-4H3. The molecule has 0 aromatic rings. The van der Waals surface area contributed by atoms with Gasteiger partial charge in [-0.3, -0.25) is 4.90 Å². The highest BCUT2D eigenvalue weighted by Gasteiger charge is 2.35. The molecular formula is C18H36N2S. The summed E-state index contributed by atoms with van der Waals surface area (Å²) in [5.41, 5.74) is 0. The van der Waals surface area contributed by atoms with E-state index in [9.17, 15) is 0 Å². The van der Waals surface area contributed by atoms with E-state index in [0.29, 0.717) is 0 Å². The largest absolute Gasteiger partial charge is 0.311 e. The summed E-state index contributed by atoms with van der Waals surface area (Å²) in [5, 5.41) is 3.91. The van der Waals surface area contributed by atoms with Crippen LogP contribution in [0.15, 0.2) is 0 Å². The van der Waals surface area contributed by atoms with E-state index in [1.807, 2.05) is 0 Å². The molecule has 3 atom stereocenters. The number of hydrogen-bond donors (Lipinski definition) is 1. The Morgan fingerprint density at radius 2 is 1.86 bits per heavy atom. The molecule has 1 heterocycles. The minimum atomic E-state index is 0.718. The molecule has 0 bridgehead atoms. The lowest BCUT2D eigenvalue weighted by Gasteiger charge is -2.48. The van der Waals surface area contributed by atoms with Gasteiger partial charge in [-0.1, -0.05) is 40.0 Å². The van der Waals surface area contributed by atoms with Crippen LogP contribution < -0.4 is 5.32 Å². The first-order valence-electron chi connectivity index (χ1n) is 9.20. The molecule has 0 aromatic heterocycles. The van der Waals surface area contributed by atoms with Crippen LogP contribution in [0.3, 0.4) is 0 Å². The van der Waals surface area contributed by atoms with Crippen molar-refractivity contribution in [3.05, 3.63) is 0 Å². The van der Waals surface area contributed by atoms with E-state index < -0.39 is 0 Å². The molecule has 0 aromatic carbocycles. The second-order valence-corrected chi connectivity index (χ2v) is 8.75. The average Bonchev–Trinajstić information content (AvgIpc) is 2.52. The fraction of sp³-hybridized carbons (Fsp3) is 1.00. The molecule has 0 spiro atoms. The van der Waals surface area contributed by atoms with E-state index in [-0.39, 0.29) is 0 Å². The molecule has 1 saturated heterocycles. The first-order chi connectivity index (χ1) is 10.1. The molecule has 3 unspecified atom stereocenters. The van der Waals surface area contributed by atoms with Gasteiger partial charge in [0.1, 0.15) is 0 Å². The van der Waals surface area contributed by atoms with Gasteiger partial charge in [0.15, 0.2) is 0 Å². The van der Waals surface area contributed by atoms with Crippen LogP contribution in [0.5, 0.6) is 0 Å². The van der Waals surface area contributed by atoms with Crippen molar-refractivity contribution in [2.75, 3.05) is 24.6 Å². The summed E-state index contributed by atoms with van der Waals surface area (Å²) in [7, 11) is 0. The fourth-order valence-corrected chi connectivity index (χ4v) is 4.95. The molecule has 0 radical (unpaired) electrons. The van der Waals surface area contributed by atoms with Crippen molar-refractivity contribution in [3.8, 4) is 0 Å². The molecule has 1 aliphatic heterocycles. The Bertz CT molecular complexity index is 289. The quantitative estimate of drug-likeness (QED) is 0.798. The monoisotopic (exact) mass is 312 g/mol. The van der Waals surface area contributed by atoms with Gasteiger partial charge in [0.2, 0.25) is 0 Å². The van der Waals surface area contributed by atoms with Crippen molar-refractivity contribution in [2.45, 2.75) is 77.9 Å². The molecule has 2 aliphatic rings. The van der Waals surface area contributed by atoms with Crippen molar-refractivity contribution in [1.82, 2.24) is 10.2 Å². The normalized spacial score (nSPS) is 30.7. The summed E-state index contributed by atoms with van der Waals surface area (Å²) >= 11 is 2.10. The Morgan fingerprint density at radius 1 is 1.14 bits per heavy atom. The molecule has 21 heavy (non-hydrogen) atoms. The fourth-order valence-electron chi connectivity index (χ4n) is 4.18. The van der Waals surface area contributed by atoms with E-state index in [0.717, 1.165) is 30.0 Å². The molecule has 124 valence electrons. The van der Waals surface area contributed by atoms with Crippen LogP contribution in [-0.4, -0.2) is 47.6 Å². The van der Waals surface area contributed by atoms with E-state index in [2.05, 4.69) is 49.7 Å². The molecule has 1 N–H and O–H groups in total. The number of hydrogen-bond acceptors (Lipinski definition) is 3. The smallest absolute Gasteiger partial charge is 0.0247 e. The molecule has 2 fully saturated rings. The van der Waals surface area contributed by atoms with Crippen molar-refractivity contribution in [1.29, 1.82) is 0 Å². The number of thioether (sulfide) groups is 1. The Kier molecular flexibility index (Phi) is 7.37. The van der Waals surface area contributed by atoms with Gasteiger partial charge in [-0.15, -0.1) is 0 Å². The lowest BCUT2D eigenvalue weighted by molar-refractivity contribution is 0.0494. The van der Waals surface area contributed by atoms with Crippen LogP contribution in [0.2, 0.25) is 0 Å². The van der Waals surface area contributed by atoms with Gasteiger partial charge >= 0.3 is 0 Å². The topological polar surface area (TPSA) is 15.3 Å². The van der Waals surface area contributed by atoms with E-state index >= 15 is 0 Å². The predicted octanol–water partition coefficient (Wildman–Crippen LogP) is 4.01. The van der Waals surface area contributed by atoms with Gasteiger partial charge in [-0.25, -0.2) is 0 Å². The van der Waals surface area contributed by atoms with Crippen molar-refractivity contribution < 1.29 is 0 Å². The number of nitrogens with zero attached hydrogens (tertiary/aromatic N) is 1. The highest BCUT2D eigenvalue weighted by Crippen LogP contribution is 2.30. The third-order valence-corrected chi connectivity index (χ3v) is 6.67. The third-order valence-electron chi connectivity index (χ3n) is 5.54. The van der Waals surface area contributed by atoms with Crippen molar-refractivity contribution in [2.24, 2.45) is 11.8 Å². The zero-order valence-electron chi connectivity index (χ0n) is 14.6. The SMILES string of the molecule is CCSCC(C)N1CC(C2CCCCC2)NCC1C(C)C. The maximum Gasteiger partial charge on any atom is 0.0247 e. The molecule has 3 heteroatoms. The summed E-state index contributed by atoms with van der Waals surface area (Å²) in [6.07, 6.45) is 7.28. The second kappa shape index (κ2) is 8.79. The summed E-state index contributed by atoms with van der Waals surface area (Å²) < 4.78 is 0. The van der Waals surface area contributed by atoms with Crippen LogP contribution in [0, 0.1) is 11.8 Å². The van der Waals surface area contributed by atoms with Crippen LogP contribution in [-0.2, 0) is 0 Å². The number of piperazine rings is 1. The molecular weight excluding hydrogens is 276 g/mol. The number of nitrogens with one attached hydrogen (secondary N) is 1. The summed E-state index contributed by atoms with van der Waals surface area (Å²) in [6, 6.07) is 2.18. The number of rotatable bonds is 6. The Balaban J connectivity index is 1.97. The minimum Gasteiger partial charge on any atom is -0.311 e. The summed E-state index contributed by atoms with van der Waals surface area (Å²) in [6.45, 7) is 12.0. The molecule has 1 aliphatic carbocycles. The van der Waals surface area contributed by atoms with Gasteiger partial charge in [0.05, 0.1) is 0 Å². The first kappa shape index (κ1) is 17.6. The maximum atomic E-state index is 3.91. The van der Waals surface area contributed by atoms with Crippen LogP contribution in [0.1, 0.15) is 59.8 Å². The van der Waals surface area contributed by atoms with Gasteiger partial charge in [0.25, 0.3) is 0 Å². The Morgan fingerprint density at radius 3 is 2.48 bits per heavy atom. The van der Waals surface area contributed by atoms with E-state index in [1.54, 1.807) is 0 Å². The molecule has 1 saturated carbocycles. The van der Waals surface area contributed by atoms with Crippen molar-refractivity contribution >= 4 is 11.8 Å². The molecule has 0 amide bonds. The second-order valence-electron chi connectivity index (χ2n) is 7.43. The van der Waals surface area contributed by atoms with E-state index in [4.69, 9.17) is 0 Å². The van der Waals surface area contributed by atoms with Gasteiger partial charge in [0, 0.05) is 37.0 Å². The van der Waals surface area contributed by atoms with Crippen LogP contribution in [0.4, 0.5) is 0 Å². The Hall–Kier alpha value is 0.270. The zero-order valence-corrected chi connectivity index (χ0v) is 15.4. The van der Waals surface area contributed by atoms with Crippen molar-refractivity contribution in [3.63, 3.8) is 0 Å². The summed E-state index contributed by atoms with van der Waals surface area (Å²) in [4.78, 5) is 2.84. The van der Waals surface area contributed by atoms with Gasteiger partial charge < -0.3 is 5.32 Å². The molecule has 2 nitrogen and oxygen atoms in total. The first-order valence-corrected chi connectivity index (χ1v) is 10.4. The minimum absolute atomic E-state index is 0.718. The predicted molar refractivity (Wildman–Crippen MR) is 96.2 cm³/mol. The van der Waals surface area contributed by atoms with Crippen LogP contribution in [0.25, 0.3) is 0 Å². The summed E-state index contributed by atoms with van der Waals surface area (Å²) in [5.74, 6) is 4.21. The van der Waals surface area contributed by atoms with Gasteiger partial charge in [-0.05, 0) is 37.4 Å². The van der Waals surface area contributed by atoms with Crippen LogP contribution >= 0.6 is 11.8 Å².